The zero-order chi connectivity index (χ0) is 14.7. The van der Waals surface area contributed by atoms with Gasteiger partial charge >= 0.3 is 0 Å². The molecule has 0 amide bonds. The lowest BCUT2D eigenvalue weighted by Gasteiger charge is -2.09. The van der Waals surface area contributed by atoms with Crippen molar-refractivity contribution in [1.82, 2.24) is 0 Å². The van der Waals surface area contributed by atoms with Gasteiger partial charge in [0.1, 0.15) is 11.6 Å². The second-order valence-electron chi connectivity index (χ2n) is 4.36. The smallest absolute Gasteiger partial charge is 0.269 e. The Balaban J connectivity index is 2.15. The average molecular weight is 278 g/mol. The van der Waals surface area contributed by atoms with E-state index in [0.29, 0.717) is 5.56 Å². The lowest BCUT2D eigenvalue weighted by molar-refractivity contribution is -0.384. The first-order valence-electron chi connectivity index (χ1n) is 5.90. The van der Waals surface area contributed by atoms with E-state index in [1.54, 1.807) is 12.1 Å². The van der Waals surface area contributed by atoms with Gasteiger partial charge in [-0.2, -0.15) is 0 Å². The Hall–Kier alpha value is -2.50. The van der Waals surface area contributed by atoms with Gasteiger partial charge in [0, 0.05) is 24.7 Å². The fourth-order valence-corrected chi connectivity index (χ4v) is 1.76. The third-order valence-corrected chi connectivity index (χ3v) is 2.85. The maximum Gasteiger partial charge on any atom is 0.269 e. The van der Waals surface area contributed by atoms with E-state index in [0.717, 1.165) is 12.1 Å². The maximum absolute atomic E-state index is 13.6. The number of benzene rings is 2. The number of non-ortho nitro benzene ring substituents is 1. The van der Waals surface area contributed by atoms with Crippen LogP contribution in [0, 0.1) is 28.7 Å². The van der Waals surface area contributed by atoms with E-state index in [-0.39, 0.29) is 23.5 Å². The van der Waals surface area contributed by atoms with Crippen LogP contribution in [0.3, 0.4) is 0 Å². The van der Waals surface area contributed by atoms with Crippen molar-refractivity contribution in [1.29, 1.82) is 0 Å². The molecule has 0 aliphatic heterocycles. The van der Waals surface area contributed by atoms with Crippen LogP contribution in [-0.4, -0.2) is 4.92 Å². The first-order chi connectivity index (χ1) is 9.47. The van der Waals surface area contributed by atoms with Crippen molar-refractivity contribution in [2.75, 3.05) is 5.32 Å². The topological polar surface area (TPSA) is 55.2 Å². The van der Waals surface area contributed by atoms with Crippen LogP contribution in [0.15, 0.2) is 36.4 Å². The molecule has 20 heavy (non-hydrogen) atoms. The monoisotopic (exact) mass is 278 g/mol. The highest BCUT2D eigenvalue weighted by Crippen LogP contribution is 2.20. The summed E-state index contributed by atoms with van der Waals surface area (Å²) in [6, 6.07) is 8.14. The highest BCUT2D eigenvalue weighted by Gasteiger charge is 2.09. The van der Waals surface area contributed by atoms with E-state index in [2.05, 4.69) is 5.32 Å². The van der Waals surface area contributed by atoms with Gasteiger partial charge in [0.25, 0.3) is 5.69 Å². The van der Waals surface area contributed by atoms with Crippen LogP contribution in [0.1, 0.15) is 11.1 Å². The summed E-state index contributed by atoms with van der Waals surface area (Å²) in [6.07, 6.45) is 0. The van der Waals surface area contributed by atoms with E-state index in [4.69, 9.17) is 0 Å². The van der Waals surface area contributed by atoms with Crippen molar-refractivity contribution in [3.8, 4) is 0 Å². The number of hydrogen-bond acceptors (Lipinski definition) is 3. The molecule has 0 aliphatic carbocycles. The standard InChI is InChI=1S/C14H12F2N2O2/c1-9-5-13(16)14(7-12(9)15)17-8-10-3-2-4-11(6-10)18(19)20/h2-7,17H,8H2,1H3. The van der Waals surface area contributed by atoms with E-state index in [1.165, 1.54) is 19.1 Å². The van der Waals surface area contributed by atoms with Gasteiger partial charge in [0.15, 0.2) is 0 Å². The summed E-state index contributed by atoms with van der Waals surface area (Å²) in [5, 5.41) is 13.4. The predicted octanol–water partition coefficient (Wildman–Crippen LogP) is 3.79. The van der Waals surface area contributed by atoms with Crippen molar-refractivity contribution in [3.05, 3.63) is 69.3 Å². The van der Waals surface area contributed by atoms with Crippen LogP contribution in [-0.2, 0) is 6.54 Å². The van der Waals surface area contributed by atoms with Gasteiger partial charge in [0.05, 0.1) is 10.6 Å². The van der Waals surface area contributed by atoms with Gasteiger partial charge in [-0.15, -0.1) is 0 Å². The number of anilines is 1. The molecule has 0 bridgehead atoms. The third kappa shape index (κ3) is 3.09. The van der Waals surface area contributed by atoms with Gasteiger partial charge in [-0.25, -0.2) is 8.78 Å². The first-order valence-corrected chi connectivity index (χ1v) is 5.90. The second kappa shape index (κ2) is 5.64. The SMILES string of the molecule is Cc1cc(F)c(NCc2cccc([N+](=O)[O-])c2)cc1F. The summed E-state index contributed by atoms with van der Waals surface area (Å²) < 4.78 is 27.0. The second-order valence-corrected chi connectivity index (χ2v) is 4.36. The number of nitrogens with zero attached hydrogens (tertiary/aromatic N) is 1. The molecule has 104 valence electrons. The molecular formula is C14H12F2N2O2. The van der Waals surface area contributed by atoms with Crippen LogP contribution in [0.4, 0.5) is 20.2 Å². The quantitative estimate of drug-likeness (QED) is 0.683. The van der Waals surface area contributed by atoms with Crippen molar-refractivity contribution in [2.45, 2.75) is 13.5 Å². The third-order valence-electron chi connectivity index (χ3n) is 2.85. The molecule has 0 saturated carbocycles. The minimum atomic E-state index is -0.561. The van der Waals surface area contributed by atoms with Gasteiger partial charge in [-0.3, -0.25) is 10.1 Å². The van der Waals surface area contributed by atoms with Gasteiger partial charge < -0.3 is 5.32 Å². The van der Waals surface area contributed by atoms with E-state index < -0.39 is 16.6 Å². The van der Waals surface area contributed by atoms with Crippen LogP contribution in [0.25, 0.3) is 0 Å². The van der Waals surface area contributed by atoms with Crippen LogP contribution >= 0.6 is 0 Å². The molecular weight excluding hydrogens is 266 g/mol. The molecule has 0 aliphatic rings. The number of nitro groups is 1. The molecule has 0 unspecified atom stereocenters. The molecule has 0 spiro atoms. The van der Waals surface area contributed by atoms with Crippen molar-refractivity contribution >= 4 is 11.4 Å². The Labute approximate surface area is 114 Å². The minimum Gasteiger partial charge on any atom is -0.379 e. The molecule has 1 N–H and O–H groups in total. The van der Waals surface area contributed by atoms with E-state index in [9.17, 15) is 18.9 Å². The van der Waals surface area contributed by atoms with E-state index >= 15 is 0 Å². The summed E-state index contributed by atoms with van der Waals surface area (Å²) >= 11 is 0. The van der Waals surface area contributed by atoms with Gasteiger partial charge in [0.2, 0.25) is 0 Å². The van der Waals surface area contributed by atoms with Crippen LogP contribution in [0.2, 0.25) is 0 Å². The molecule has 0 atom stereocenters. The van der Waals surface area contributed by atoms with Crippen molar-refractivity contribution in [3.63, 3.8) is 0 Å². The number of hydrogen-bond donors (Lipinski definition) is 1. The fraction of sp³-hybridized carbons (Fsp3) is 0.143. The average Bonchev–Trinajstić information content (AvgIpc) is 2.41. The molecule has 2 aromatic carbocycles. The molecule has 0 aromatic heterocycles. The molecule has 0 saturated heterocycles. The normalized spacial score (nSPS) is 10.3. The van der Waals surface area contributed by atoms with Crippen LogP contribution < -0.4 is 5.32 Å². The highest BCUT2D eigenvalue weighted by molar-refractivity contribution is 5.48. The first kappa shape index (κ1) is 13.9. The number of aryl methyl sites for hydroxylation is 1. The van der Waals surface area contributed by atoms with Gasteiger partial charge in [-0.05, 0) is 24.1 Å². The Morgan fingerprint density at radius 1 is 1.20 bits per heavy atom. The summed E-state index contributed by atoms with van der Waals surface area (Å²) in [6.45, 7) is 1.64. The van der Waals surface area contributed by atoms with Crippen molar-refractivity contribution < 1.29 is 13.7 Å². The number of halogens is 2. The van der Waals surface area contributed by atoms with Crippen LogP contribution in [0.5, 0.6) is 0 Å². The summed E-state index contributed by atoms with van der Waals surface area (Å²) in [5.74, 6) is -1.07. The Morgan fingerprint density at radius 2 is 1.95 bits per heavy atom. The largest absolute Gasteiger partial charge is 0.379 e. The molecule has 4 nitrogen and oxygen atoms in total. The van der Waals surface area contributed by atoms with E-state index in [1.807, 2.05) is 0 Å². The summed E-state index contributed by atoms with van der Waals surface area (Å²) in [4.78, 5) is 10.1. The zero-order valence-corrected chi connectivity index (χ0v) is 10.7. The Kier molecular flexibility index (Phi) is 3.93. The molecule has 2 aromatic rings. The molecule has 2 rings (SSSR count). The molecule has 0 fully saturated rings. The zero-order valence-electron chi connectivity index (χ0n) is 10.7. The minimum absolute atomic E-state index is 0.0274. The fourth-order valence-electron chi connectivity index (χ4n) is 1.76. The number of nitro benzene ring substituents is 1. The summed E-state index contributed by atoms with van der Waals surface area (Å²) in [7, 11) is 0. The highest BCUT2D eigenvalue weighted by atomic mass is 19.1. The molecule has 0 heterocycles. The van der Waals surface area contributed by atoms with Gasteiger partial charge in [-0.1, -0.05) is 12.1 Å². The number of rotatable bonds is 4. The van der Waals surface area contributed by atoms with Crippen molar-refractivity contribution in [2.24, 2.45) is 0 Å². The lowest BCUT2D eigenvalue weighted by atomic mass is 10.1. The molecule has 0 radical (unpaired) electrons. The maximum atomic E-state index is 13.6. The Bertz CT molecular complexity index is 660. The Morgan fingerprint density at radius 3 is 2.65 bits per heavy atom. The predicted molar refractivity (Wildman–Crippen MR) is 71.5 cm³/mol. The lowest BCUT2D eigenvalue weighted by Crippen LogP contribution is -2.03. The number of nitrogens with one attached hydrogen (secondary N) is 1. The summed E-state index contributed by atoms with van der Waals surface area (Å²) in [5.41, 5.74) is 0.822. The molecule has 6 heteroatoms.